The van der Waals surface area contributed by atoms with Crippen molar-refractivity contribution >= 4 is 17.0 Å². The van der Waals surface area contributed by atoms with Gasteiger partial charge in [-0.15, -0.1) is 0 Å². The fourth-order valence-corrected chi connectivity index (χ4v) is 2.00. The van der Waals surface area contributed by atoms with Crippen molar-refractivity contribution in [2.24, 2.45) is 0 Å². The van der Waals surface area contributed by atoms with Crippen molar-refractivity contribution in [2.75, 3.05) is 5.32 Å². The maximum Gasteiger partial charge on any atom is 0.201 e. The second-order valence-electron chi connectivity index (χ2n) is 4.53. The van der Waals surface area contributed by atoms with Crippen molar-refractivity contribution in [3.05, 3.63) is 59.2 Å². The molecule has 1 heterocycles. The van der Waals surface area contributed by atoms with E-state index < -0.39 is 11.6 Å². The lowest BCUT2D eigenvalue weighted by atomic mass is 10.2. The molecule has 0 aliphatic carbocycles. The zero-order valence-electron chi connectivity index (χ0n) is 10.8. The second kappa shape index (κ2) is 5.21. The van der Waals surface area contributed by atoms with Crippen molar-refractivity contribution in [3.8, 4) is 6.07 Å². The predicted molar refractivity (Wildman–Crippen MR) is 74.5 cm³/mol. The monoisotopic (exact) mass is 284 g/mol. The summed E-state index contributed by atoms with van der Waals surface area (Å²) >= 11 is 0. The zero-order chi connectivity index (χ0) is 14.8. The molecule has 104 valence electrons. The van der Waals surface area contributed by atoms with E-state index in [-0.39, 0.29) is 0 Å². The smallest absolute Gasteiger partial charge is 0.201 e. The number of fused-ring (bicyclic) bond motifs is 1. The average Bonchev–Trinajstić information content (AvgIpc) is 2.90. The van der Waals surface area contributed by atoms with Gasteiger partial charge in [0.15, 0.2) is 11.6 Å². The van der Waals surface area contributed by atoms with Gasteiger partial charge in [-0.1, -0.05) is 6.07 Å². The Morgan fingerprint density at radius 3 is 2.76 bits per heavy atom. The molecule has 0 saturated heterocycles. The maximum absolute atomic E-state index is 13.1. The standard InChI is InChI=1S/C15H10F2N4/c16-11-3-1-10(5-12(11)17)8-19-15-20-13-4-2-9(7-18)6-14(13)21-15/h1-6H,8H2,(H2,19,20,21). The lowest BCUT2D eigenvalue weighted by Crippen LogP contribution is -2.01. The SMILES string of the molecule is N#Cc1ccc2nc(NCc3ccc(F)c(F)c3)[nH]c2c1. The number of aromatic nitrogens is 2. The van der Waals surface area contributed by atoms with Crippen LogP contribution in [0.25, 0.3) is 11.0 Å². The first-order chi connectivity index (χ1) is 10.2. The van der Waals surface area contributed by atoms with E-state index >= 15 is 0 Å². The van der Waals surface area contributed by atoms with Crippen LogP contribution in [0.2, 0.25) is 0 Å². The topological polar surface area (TPSA) is 64.5 Å². The van der Waals surface area contributed by atoms with Gasteiger partial charge in [-0.2, -0.15) is 5.26 Å². The number of rotatable bonds is 3. The fourth-order valence-electron chi connectivity index (χ4n) is 2.00. The molecule has 6 heteroatoms. The van der Waals surface area contributed by atoms with E-state index in [9.17, 15) is 8.78 Å². The first-order valence-corrected chi connectivity index (χ1v) is 6.23. The number of nitriles is 1. The van der Waals surface area contributed by atoms with Crippen LogP contribution in [0.1, 0.15) is 11.1 Å². The molecule has 0 unspecified atom stereocenters. The highest BCUT2D eigenvalue weighted by Crippen LogP contribution is 2.17. The Morgan fingerprint density at radius 2 is 2.00 bits per heavy atom. The molecule has 0 spiro atoms. The number of halogens is 2. The van der Waals surface area contributed by atoms with Gasteiger partial charge in [0.05, 0.1) is 22.7 Å². The first-order valence-electron chi connectivity index (χ1n) is 6.23. The van der Waals surface area contributed by atoms with Crippen LogP contribution >= 0.6 is 0 Å². The number of H-pyrrole nitrogens is 1. The van der Waals surface area contributed by atoms with E-state index in [0.29, 0.717) is 23.6 Å². The van der Waals surface area contributed by atoms with Crippen LogP contribution in [0, 0.1) is 23.0 Å². The van der Waals surface area contributed by atoms with Gasteiger partial charge in [0.2, 0.25) is 5.95 Å². The van der Waals surface area contributed by atoms with Crippen molar-refractivity contribution in [1.29, 1.82) is 5.26 Å². The van der Waals surface area contributed by atoms with E-state index in [4.69, 9.17) is 5.26 Å². The molecule has 0 amide bonds. The Morgan fingerprint density at radius 1 is 1.14 bits per heavy atom. The van der Waals surface area contributed by atoms with Crippen LogP contribution in [0.5, 0.6) is 0 Å². The maximum atomic E-state index is 13.1. The van der Waals surface area contributed by atoms with Gasteiger partial charge in [-0.25, -0.2) is 13.8 Å². The highest BCUT2D eigenvalue weighted by molar-refractivity contribution is 5.78. The summed E-state index contributed by atoms with van der Waals surface area (Å²) in [6, 6.07) is 10.9. The largest absolute Gasteiger partial charge is 0.352 e. The van der Waals surface area contributed by atoms with E-state index in [1.54, 1.807) is 18.2 Å². The number of anilines is 1. The lowest BCUT2D eigenvalue weighted by Gasteiger charge is -2.03. The Hall–Kier alpha value is -2.94. The summed E-state index contributed by atoms with van der Waals surface area (Å²) in [7, 11) is 0. The number of hydrogen-bond donors (Lipinski definition) is 2. The van der Waals surface area contributed by atoms with Crippen molar-refractivity contribution in [2.45, 2.75) is 6.54 Å². The minimum absolute atomic E-state index is 0.308. The molecule has 0 aliphatic heterocycles. The van der Waals surface area contributed by atoms with Crippen molar-refractivity contribution in [3.63, 3.8) is 0 Å². The molecular formula is C15H10F2N4. The number of nitrogens with one attached hydrogen (secondary N) is 2. The van der Waals surface area contributed by atoms with Gasteiger partial charge in [-0.05, 0) is 35.9 Å². The van der Waals surface area contributed by atoms with E-state index in [2.05, 4.69) is 21.4 Å². The van der Waals surface area contributed by atoms with Gasteiger partial charge in [0, 0.05) is 6.54 Å². The molecular weight excluding hydrogens is 274 g/mol. The van der Waals surface area contributed by atoms with Crippen LogP contribution in [0.15, 0.2) is 36.4 Å². The molecule has 0 bridgehead atoms. The van der Waals surface area contributed by atoms with Crippen LogP contribution < -0.4 is 5.32 Å². The number of aromatic amines is 1. The highest BCUT2D eigenvalue weighted by Gasteiger charge is 2.05. The first kappa shape index (κ1) is 13.1. The normalized spacial score (nSPS) is 10.5. The molecule has 0 radical (unpaired) electrons. The highest BCUT2D eigenvalue weighted by atomic mass is 19.2. The van der Waals surface area contributed by atoms with E-state index in [1.807, 2.05) is 0 Å². The van der Waals surface area contributed by atoms with Gasteiger partial charge >= 0.3 is 0 Å². The average molecular weight is 284 g/mol. The summed E-state index contributed by atoms with van der Waals surface area (Å²) < 4.78 is 25.9. The summed E-state index contributed by atoms with van der Waals surface area (Å²) in [5.74, 6) is -1.24. The second-order valence-corrected chi connectivity index (χ2v) is 4.53. The quantitative estimate of drug-likeness (QED) is 0.775. The van der Waals surface area contributed by atoms with E-state index in [1.165, 1.54) is 6.07 Å². The molecule has 2 aromatic carbocycles. The van der Waals surface area contributed by atoms with Crippen LogP contribution in [-0.4, -0.2) is 9.97 Å². The molecule has 0 atom stereocenters. The molecule has 21 heavy (non-hydrogen) atoms. The van der Waals surface area contributed by atoms with Crippen molar-refractivity contribution in [1.82, 2.24) is 9.97 Å². The molecule has 0 fully saturated rings. The molecule has 3 aromatic rings. The summed E-state index contributed by atoms with van der Waals surface area (Å²) in [5.41, 5.74) is 2.61. The Balaban J connectivity index is 1.78. The molecule has 0 saturated carbocycles. The number of hydrogen-bond acceptors (Lipinski definition) is 3. The van der Waals surface area contributed by atoms with Gasteiger partial charge in [0.1, 0.15) is 0 Å². The zero-order valence-corrected chi connectivity index (χ0v) is 10.8. The number of nitrogens with zero attached hydrogens (tertiary/aromatic N) is 2. The van der Waals surface area contributed by atoms with Gasteiger partial charge < -0.3 is 10.3 Å². The fraction of sp³-hybridized carbons (Fsp3) is 0.0667. The van der Waals surface area contributed by atoms with Gasteiger partial charge in [-0.3, -0.25) is 0 Å². The van der Waals surface area contributed by atoms with Crippen LogP contribution in [0.3, 0.4) is 0 Å². The van der Waals surface area contributed by atoms with Crippen molar-refractivity contribution < 1.29 is 8.78 Å². The summed E-state index contributed by atoms with van der Waals surface area (Å²) in [5, 5.41) is 11.8. The summed E-state index contributed by atoms with van der Waals surface area (Å²) in [6.07, 6.45) is 0. The Bertz CT molecular complexity index is 848. The third-order valence-electron chi connectivity index (χ3n) is 3.05. The Labute approximate surface area is 119 Å². The molecule has 1 aromatic heterocycles. The molecule has 0 aliphatic rings. The molecule has 2 N–H and O–H groups in total. The lowest BCUT2D eigenvalue weighted by molar-refractivity contribution is 0.507. The Kier molecular flexibility index (Phi) is 3.24. The van der Waals surface area contributed by atoms with Crippen LogP contribution in [-0.2, 0) is 6.54 Å². The minimum Gasteiger partial charge on any atom is -0.352 e. The number of benzene rings is 2. The third-order valence-corrected chi connectivity index (χ3v) is 3.05. The summed E-state index contributed by atoms with van der Waals surface area (Å²) in [6.45, 7) is 0.308. The minimum atomic E-state index is -0.877. The van der Waals surface area contributed by atoms with Gasteiger partial charge in [0.25, 0.3) is 0 Å². The molecule has 4 nitrogen and oxygen atoms in total. The van der Waals surface area contributed by atoms with Crippen LogP contribution in [0.4, 0.5) is 14.7 Å². The summed E-state index contributed by atoms with van der Waals surface area (Å²) in [4.78, 5) is 7.32. The predicted octanol–water partition coefficient (Wildman–Crippen LogP) is 3.32. The number of imidazole rings is 1. The molecule has 3 rings (SSSR count). The van der Waals surface area contributed by atoms with E-state index in [0.717, 1.165) is 23.2 Å². The third kappa shape index (κ3) is 2.67.